The van der Waals surface area contributed by atoms with Gasteiger partial charge in [0.2, 0.25) is 0 Å². The van der Waals surface area contributed by atoms with E-state index in [1.807, 2.05) is 0 Å². The van der Waals surface area contributed by atoms with Crippen molar-refractivity contribution in [3.8, 4) is 0 Å². The largest absolute Gasteiger partial charge is 0.368 e. The molecule has 0 aliphatic carbocycles. The van der Waals surface area contributed by atoms with Crippen molar-refractivity contribution < 1.29 is 9.18 Å². The molecule has 23 heavy (non-hydrogen) atoms. The monoisotopic (exact) mass is 313 g/mol. The highest BCUT2D eigenvalue weighted by Crippen LogP contribution is 2.18. The fourth-order valence-corrected chi connectivity index (χ4v) is 2.69. The van der Waals surface area contributed by atoms with Gasteiger partial charge in [-0.15, -0.1) is 0 Å². The fraction of sp³-hybridized carbons (Fsp3) is 0.278. The molecule has 1 saturated heterocycles. The summed E-state index contributed by atoms with van der Waals surface area (Å²) in [5, 5.41) is 2.74. The van der Waals surface area contributed by atoms with Crippen LogP contribution in [0, 0.1) is 12.7 Å². The van der Waals surface area contributed by atoms with Gasteiger partial charge in [-0.3, -0.25) is 0 Å². The Morgan fingerprint density at radius 1 is 1.04 bits per heavy atom. The lowest BCUT2D eigenvalue weighted by Gasteiger charge is -2.36. The average Bonchev–Trinajstić information content (AvgIpc) is 2.56. The Balaban J connectivity index is 1.56. The molecule has 0 unspecified atom stereocenters. The van der Waals surface area contributed by atoms with Crippen molar-refractivity contribution in [3.05, 3.63) is 59.9 Å². The summed E-state index contributed by atoms with van der Waals surface area (Å²) in [6, 6.07) is 14.2. The lowest BCUT2D eigenvalue weighted by molar-refractivity contribution is 0.208. The molecule has 5 heteroatoms. The number of carbonyl (C=O) groups is 1. The van der Waals surface area contributed by atoms with Gasteiger partial charge in [-0.05, 0) is 37.3 Å². The molecule has 2 aromatic rings. The molecular formula is C18H20FN3O. The summed E-state index contributed by atoms with van der Waals surface area (Å²) in [6.07, 6.45) is 0. The first-order valence-electron chi connectivity index (χ1n) is 7.75. The highest BCUT2D eigenvalue weighted by Gasteiger charge is 2.21. The van der Waals surface area contributed by atoms with Crippen LogP contribution in [0.4, 0.5) is 20.6 Å². The summed E-state index contributed by atoms with van der Waals surface area (Å²) in [5.41, 5.74) is 2.90. The van der Waals surface area contributed by atoms with Gasteiger partial charge >= 0.3 is 6.03 Å². The molecule has 0 atom stereocenters. The minimum absolute atomic E-state index is 0.181. The topological polar surface area (TPSA) is 35.6 Å². The molecule has 0 spiro atoms. The van der Waals surface area contributed by atoms with Gasteiger partial charge in [-0.2, -0.15) is 0 Å². The number of nitrogens with zero attached hydrogens (tertiary/aromatic N) is 2. The Kier molecular flexibility index (Phi) is 4.46. The van der Waals surface area contributed by atoms with Crippen LogP contribution in [0.15, 0.2) is 48.5 Å². The van der Waals surface area contributed by atoms with E-state index in [1.54, 1.807) is 17.0 Å². The van der Waals surface area contributed by atoms with Crippen LogP contribution in [0.3, 0.4) is 0 Å². The van der Waals surface area contributed by atoms with E-state index in [2.05, 4.69) is 41.4 Å². The van der Waals surface area contributed by atoms with Gasteiger partial charge in [0.25, 0.3) is 0 Å². The number of rotatable bonds is 2. The van der Waals surface area contributed by atoms with Crippen molar-refractivity contribution in [2.45, 2.75) is 6.92 Å². The fourth-order valence-electron chi connectivity index (χ4n) is 2.69. The molecule has 1 N–H and O–H groups in total. The van der Waals surface area contributed by atoms with Gasteiger partial charge in [0.1, 0.15) is 5.82 Å². The summed E-state index contributed by atoms with van der Waals surface area (Å²) in [7, 11) is 0. The van der Waals surface area contributed by atoms with E-state index in [4.69, 9.17) is 0 Å². The third-order valence-corrected chi connectivity index (χ3v) is 4.04. The van der Waals surface area contributed by atoms with Gasteiger partial charge in [0, 0.05) is 37.6 Å². The van der Waals surface area contributed by atoms with Crippen LogP contribution in [0.2, 0.25) is 0 Å². The minimum atomic E-state index is -0.355. The lowest BCUT2D eigenvalue weighted by atomic mass is 10.2. The Bertz CT molecular complexity index is 679. The van der Waals surface area contributed by atoms with E-state index < -0.39 is 0 Å². The van der Waals surface area contributed by atoms with Gasteiger partial charge in [-0.25, -0.2) is 9.18 Å². The smallest absolute Gasteiger partial charge is 0.321 e. The maximum absolute atomic E-state index is 13.2. The normalized spacial score (nSPS) is 14.7. The van der Waals surface area contributed by atoms with Crippen molar-refractivity contribution in [1.82, 2.24) is 4.90 Å². The molecule has 0 radical (unpaired) electrons. The summed E-state index contributed by atoms with van der Waals surface area (Å²) >= 11 is 0. The maximum atomic E-state index is 13.2. The summed E-state index contributed by atoms with van der Waals surface area (Å²) in [4.78, 5) is 16.3. The van der Waals surface area contributed by atoms with Crippen molar-refractivity contribution >= 4 is 17.4 Å². The van der Waals surface area contributed by atoms with E-state index in [-0.39, 0.29) is 11.8 Å². The number of halogens is 1. The van der Waals surface area contributed by atoms with Crippen LogP contribution < -0.4 is 10.2 Å². The molecule has 4 nitrogen and oxygen atoms in total. The number of benzene rings is 2. The van der Waals surface area contributed by atoms with Crippen LogP contribution in [-0.4, -0.2) is 37.1 Å². The third-order valence-electron chi connectivity index (χ3n) is 4.04. The van der Waals surface area contributed by atoms with Gasteiger partial charge in [-0.1, -0.05) is 23.8 Å². The SMILES string of the molecule is Cc1ccc(N2CCN(C(=O)Nc3cccc(F)c3)CC2)cc1. The number of piperazine rings is 1. The van der Waals surface area contributed by atoms with Crippen molar-refractivity contribution in [1.29, 1.82) is 0 Å². The van der Waals surface area contributed by atoms with E-state index in [0.717, 1.165) is 13.1 Å². The zero-order valence-corrected chi connectivity index (χ0v) is 13.1. The predicted octanol–water partition coefficient (Wildman–Crippen LogP) is 3.49. The van der Waals surface area contributed by atoms with E-state index >= 15 is 0 Å². The molecule has 3 rings (SSSR count). The van der Waals surface area contributed by atoms with E-state index in [9.17, 15) is 9.18 Å². The predicted molar refractivity (Wildman–Crippen MR) is 90.4 cm³/mol. The molecular weight excluding hydrogens is 293 g/mol. The number of aryl methyl sites for hydroxylation is 1. The number of amides is 2. The molecule has 0 aromatic heterocycles. The number of hydrogen-bond donors (Lipinski definition) is 1. The number of urea groups is 1. The molecule has 2 amide bonds. The van der Waals surface area contributed by atoms with Crippen LogP contribution in [0.5, 0.6) is 0 Å². The molecule has 1 fully saturated rings. The molecule has 1 aliphatic rings. The Morgan fingerprint density at radius 3 is 2.39 bits per heavy atom. The summed E-state index contributed by atoms with van der Waals surface area (Å²) < 4.78 is 13.2. The quantitative estimate of drug-likeness (QED) is 0.921. The van der Waals surface area contributed by atoms with Crippen molar-refractivity contribution in [2.75, 3.05) is 36.4 Å². The second kappa shape index (κ2) is 6.69. The number of nitrogens with one attached hydrogen (secondary N) is 1. The van der Waals surface area contributed by atoms with E-state index in [0.29, 0.717) is 18.8 Å². The van der Waals surface area contributed by atoms with Gasteiger partial charge < -0.3 is 15.1 Å². The van der Waals surface area contributed by atoms with Gasteiger partial charge in [0.15, 0.2) is 0 Å². The second-order valence-corrected chi connectivity index (χ2v) is 5.75. The first kappa shape index (κ1) is 15.3. The van der Waals surface area contributed by atoms with Crippen LogP contribution in [0.1, 0.15) is 5.56 Å². The Labute approximate surface area is 135 Å². The Hall–Kier alpha value is -2.56. The highest BCUT2D eigenvalue weighted by atomic mass is 19.1. The minimum Gasteiger partial charge on any atom is -0.368 e. The van der Waals surface area contributed by atoms with E-state index in [1.165, 1.54) is 23.4 Å². The lowest BCUT2D eigenvalue weighted by Crippen LogP contribution is -2.50. The molecule has 0 bridgehead atoms. The van der Waals surface area contributed by atoms with Crippen LogP contribution >= 0.6 is 0 Å². The van der Waals surface area contributed by atoms with Crippen LogP contribution in [-0.2, 0) is 0 Å². The van der Waals surface area contributed by atoms with Crippen molar-refractivity contribution in [3.63, 3.8) is 0 Å². The molecule has 2 aromatic carbocycles. The number of anilines is 2. The highest BCUT2D eigenvalue weighted by molar-refractivity contribution is 5.89. The maximum Gasteiger partial charge on any atom is 0.321 e. The van der Waals surface area contributed by atoms with Crippen LogP contribution in [0.25, 0.3) is 0 Å². The Morgan fingerprint density at radius 2 is 1.74 bits per heavy atom. The molecule has 1 aliphatic heterocycles. The standard InChI is InChI=1S/C18H20FN3O/c1-14-5-7-17(8-6-14)21-9-11-22(12-10-21)18(23)20-16-4-2-3-15(19)13-16/h2-8,13H,9-12H2,1H3,(H,20,23). The molecule has 120 valence electrons. The first-order valence-corrected chi connectivity index (χ1v) is 7.75. The van der Waals surface area contributed by atoms with Gasteiger partial charge in [0.05, 0.1) is 0 Å². The molecule has 0 saturated carbocycles. The molecule has 1 heterocycles. The number of hydrogen-bond acceptors (Lipinski definition) is 2. The second-order valence-electron chi connectivity index (χ2n) is 5.75. The third kappa shape index (κ3) is 3.80. The summed E-state index contributed by atoms with van der Waals surface area (Å²) in [6.45, 7) is 4.95. The first-order chi connectivity index (χ1) is 11.1. The summed E-state index contributed by atoms with van der Waals surface area (Å²) in [5.74, 6) is -0.355. The zero-order chi connectivity index (χ0) is 16.2. The average molecular weight is 313 g/mol. The number of carbonyl (C=O) groups excluding carboxylic acids is 1. The van der Waals surface area contributed by atoms with Crippen molar-refractivity contribution in [2.24, 2.45) is 0 Å². The zero-order valence-electron chi connectivity index (χ0n) is 13.1.